The van der Waals surface area contributed by atoms with Gasteiger partial charge in [-0.25, -0.2) is 4.79 Å². The second kappa shape index (κ2) is 8.03. The van der Waals surface area contributed by atoms with Crippen LogP contribution in [-0.2, 0) is 9.53 Å². The van der Waals surface area contributed by atoms with Crippen molar-refractivity contribution in [2.24, 2.45) is 5.73 Å². The Morgan fingerprint density at radius 2 is 2.30 bits per heavy atom. The molecule has 1 atom stereocenters. The van der Waals surface area contributed by atoms with Crippen molar-refractivity contribution in [1.29, 1.82) is 0 Å². The summed E-state index contributed by atoms with van der Waals surface area (Å²) in [7, 11) is 0. The van der Waals surface area contributed by atoms with Gasteiger partial charge in [-0.05, 0) is 24.6 Å². The Labute approximate surface area is 139 Å². The van der Waals surface area contributed by atoms with Crippen molar-refractivity contribution in [2.75, 3.05) is 31.6 Å². The number of amides is 3. The topological polar surface area (TPSA) is 93.9 Å². The molecule has 0 aromatic heterocycles. The van der Waals surface area contributed by atoms with Crippen molar-refractivity contribution < 1.29 is 19.1 Å². The summed E-state index contributed by atoms with van der Waals surface area (Å²) in [6.07, 6.45) is 0.107. The van der Waals surface area contributed by atoms with Gasteiger partial charge in [-0.2, -0.15) is 0 Å². The van der Waals surface area contributed by atoms with E-state index in [0.717, 1.165) is 6.42 Å². The molecule has 0 bridgehead atoms. The first-order chi connectivity index (χ1) is 11.0. The van der Waals surface area contributed by atoms with Crippen LogP contribution in [0.2, 0.25) is 5.02 Å². The molecule has 8 heteroatoms. The van der Waals surface area contributed by atoms with Gasteiger partial charge >= 0.3 is 6.03 Å². The SMILES string of the molecule is CCCOc1ccc(NC(=O)N2CCO[C@@H](C(N)=O)C2)cc1Cl. The van der Waals surface area contributed by atoms with Crippen molar-refractivity contribution in [3.05, 3.63) is 23.2 Å². The molecule has 0 unspecified atom stereocenters. The lowest BCUT2D eigenvalue weighted by atomic mass is 10.2. The number of primary amides is 1. The molecule has 0 radical (unpaired) electrons. The average Bonchev–Trinajstić information content (AvgIpc) is 2.54. The molecule has 126 valence electrons. The van der Waals surface area contributed by atoms with Gasteiger partial charge in [-0.1, -0.05) is 18.5 Å². The molecule has 0 spiro atoms. The van der Waals surface area contributed by atoms with Gasteiger partial charge in [0.1, 0.15) is 5.75 Å². The summed E-state index contributed by atoms with van der Waals surface area (Å²) in [4.78, 5) is 24.9. The number of carbonyl (C=O) groups excluding carboxylic acids is 2. The van der Waals surface area contributed by atoms with E-state index in [2.05, 4.69) is 5.32 Å². The zero-order valence-corrected chi connectivity index (χ0v) is 13.6. The van der Waals surface area contributed by atoms with Crippen molar-refractivity contribution in [1.82, 2.24) is 4.90 Å². The largest absolute Gasteiger partial charge is 0.492 e. The monoisotopic (exact) mass is 341 g/mol. The third-order valence-corrected chi connectivity index (χ3v) is 3.61. The molecule has 0 aliphatic carbocycles. The Morgan fingerprint density at radius 1 is 1.52 bits per heavy atom. The van der Waals surface area contributed by atoms with Gasteiger partial charge in [0, 0.05) is 12.2 Å². The predicted octanol–water partition coefficient (Wildman–Crippen LogP) is 1.85. The number of rotatable bonds is 5. The van der Waals surface area contributed by atoms with Crippen LogP contribution in [0.1, 0.15) is 13.3 Å². The normalized spacial score (nSPS) is 17.7. The molecule has 2 rings (SSSR count). The predicted molar refractivity (Wildman–Crippen MR) is 86.8 cm³/mol. The van der Waals surface area contributed by atoms with Crippen LogP contribution < -0.4 is 15.8 Å². The number of nitrogens with zero attached hydrogens (tertiary/aromatic N) is 1. The molecule has 23 heavy (non-hydrogen) atoms. The minimum atomic E-state index is -0.775. The molecule has 7 nitrogen and oxygen atoms in total. The standard InChI is InChI=1S/C15H20ClN3O4/c1-2-6-22-12-4-3-10(8-11(12)16)18-15(21)19-5-7-23-13(9-19)14(17)20/h3-4,8,13H,2,5-7,9H2,1H3,(H2,17,20)(H,18,21)/t13-/m1/s1. The van der Waals surface area contributed by atoms with Gasteiger partial charge in [-0.3, -0.25) is 4.79 Å². The van der Waals surface area contributed by atoms with Crippen molar-refractivity contribution in [3.8, 4) is 5.75 Å². The van der Waals surface area contributed by atoms with Crippen LogP contribution in [0.5, 0.6) is 5.75 Å². The number of nitrogens with one attached hydrogen (secondary N) is 1. The van der Waals surface area contributed by atoms with Crippen LogP contribution >= 0.6 is 11.6 Å². The minimum Gasteiger partial charge on any atom is -0.492 e. The van der Waals surface area contributed by atoms with E-state index in [1.807, 2.05) is 6.92 Å². The zero-order chi connectivity index (χ0) is 16.8. The lowest BCUT2D eigenvalue weighted by Crippen LogP contribution is -2.51. The van der Waals surface area contributed by atoms with Gasteiger partial charge < -0.3 is 25.4 Å². The highest BCUT2D eigenvalue weighted by Gasteiger charge is 2.27. The molecular weight excluding hydrogens is 322 g/mol. The van der Waals surface area contributed by atoms with E-state index in [0.29, 0.717) is 29.6 Å². The third kappa shape index (κ3) is 4.74. The van der Waals surface area contributed by atoms with Gasteiger partial charge in [0.05, 0.1) is 24.8 Å². The van der Waals surface area contributed by atoms with Crippen LogP contribution in [0, 0.1) is 0 Å². The van der Waals surface area contributed by atoms with Gasteiger partial charge in [0.15, 0.2) is 6.10 Å². The molecule has 3 N–H and O–H groups in total. The number of halogens is 1. The van der Waals surface area contributed by atoms with Crippen LogP contribution in [0.15, 0.2) is 18.2 Å². The first-order valence-corrected chi connectivity index (χ1v) is 7.78. The Kier molecular flexibility index (Phi) is 6.06. The fourth-order valence-electron chi connectivity index (χ4n) is 2.12. The molecular formula is C15H20ClN3O4. The second-order valence-corrected chi connectivity index (χ2v) is 5.54. The average molecular weight is 342 g/mol. The first-order valence-electron chi connectivity index (χ1n) is 7.40. The number of anilines is 1. The second-order valence-electron chi connectivity index (χ2n) is 5.13. The summed E-state index contributed by atoms with van der Waals surface area (Å²) in [6.45, 7) is 3.37. The first kappa shape index (κ1) is 17.4. The Hall–Kier alpha value is -1.99. The van der Waals surface area contributed by atoms with Gasteiger partial charge in [0.25, 0.3) is 0 Å². The number of ether oxygens (including phenoxy) is 2. The number of carbonyl (C=O) groups is 2. The fourth-order valence-corrected chi connectivity index (χ4v) is 2.35. The lowest BCUT2D eigenvalue weighted by Gasteiger charge is -2.31. The highest BCUT2D eigenvalue weighted by molar-refractivity contribution is 6.32. The number of hydrogen-bond donors (Lipinski definition) is 2. The van der Waals surface area contributed by atoms with E-state index >= 15 is 0 Å². The number of benzene rings is 1. The molecule has 0 saturated carbocycles. The summed E-state index contributed by atoms with van der Waals surface area (Å²) < 4.78 is 10.7. The summed E-state index contributed by atoms with van der Waals surface area (Å²) >= 11 is 6.13. The van der Waals surface area contributed by atoms with Crippen molar-refractivity contribution in [3.63, 3.8) is 0 Å². The summed E-state index contributed by atoms with van der Waals surface area (Å²) in [5.74, 6) is -0.00495. The third-order valence-electron chi connectivity index (χ3n) is 3.32. The van der Waals surface area contributed by atoms with Crippen molar-refractivity contribution >= 4 is 29.2 Å². The maximum Gasteiger partial charge on any atom is 0.322 e. The van der Waals surface area contributed by atoms with E-state index in [4.69, 9.17) is 26.8 Å². The van der Waals surface area contributed by atoms with Gasteiger partial charge in [0.2, 0.25) is 5.91 Å². The van der Waals surface area contributed by atoms with Crippen molar-refractivity contribution in [2.45, 2.75) is 19.4 Å². The number of hydrogen-bond acceptors (Lipinski definition) is 4. The Morgan fingerprint density at radius 3 is 2.96 bits per heavy atom. The minimum absolute atomic E-state index is 0.132. The summed E-state index contributed by atoms with van der Waals surface area (Å²) in [5, 5.41) is 3.16. The fraction of sp³-hybridized carbons (Fsp3) is 0.467. The molecule has 1 fully saturated rings. The summed E-state index contributed by atoms with van der Waals surface area (Å²) in [6, 6.07) is 4.70. The van der Waals surface area contributed by atoms with E-state index < -0.39 is 12.0 Å². The van der Waals surface area contributed by atoms with Crippen LogP contribution in [0.4, 0.5) is 10.5 Å². The molecule has 1 aliphatic rings. The molecule has 1 aliphatic heterocycles. The maximum absolute atomic E-state index is 12.2. The Bertz CT molecular complexity index is 582. The highest BCUT2D eigenvalue weighted by atomic mass is 35.5. The van der Waals surface area contributed by atoms with E-state index in [1.54, 1.807) is 18.2 Å². The molecule has 3 amide bonds. The number of nitrogens with two attached hydrogens (primary N) is 1. The van der Waals surface area contributed by atoms with E-state index in [-0.39, 0.29) is 19.2 Å². The molecule has 1 aromatic carbocycles. The zero-order valence-electron chi connectivity index (χ0n) is 12.9. The molecule has 1 aromatic rings. The van der Waals surface area contributed by atoms with Crippen LogP contribution in [0.25, 0.3) is 0 Å². The maximum atomic E-state index is 12.2. The lowest BCUT2D eigenvalue weighted by molar-refractivity contribution is -0.133. The van der Waals surface area contributed by atoms with Gasteiger partial charge in [-0.15, -0.1) is 0 Å². The highest BCUT2D eigenvalue weighted by Crippen LogP contribution is 2.28. The van der Waals surface area contributed by atoms with Crippen LogP contribution in [-0.4, -0.2) is 49.2 Å². The summed E-state index contributed by atoms with van der Waals surface area (Å²) in [5.41, 5.74) is 5.75. The Balaban J connectivity index is 1.97. The van der Waals surface area contributed by atoms with E-state index in [9.17, 15) is 9.59 Å². The number of morpholine rings is 1. The quantitative estimate of drug-likeness (QED) is 0.854. The number of urea groups is 1. The smallest absolute Gasteiger partial charge is 0.322 e. The molecule has 1 saturated heterocycles. The van der Waals surface area contributed by atoms with Crippen LogP contribution in [0.3, 0.4) is 0 Å². The molecule has 1 heterocycles. The van der Waals surface area contributed by atoms with E-state index in [1.165, 1.54) is 4.90 Å².